The van der Waals surface area contributed by atoms with E-state index >= 15 is 0 Å². The van der Waals surface area contributed by atoms with Gasteiger partial charge in [0.1, 0.15) is 5.75 Å². The molecule has 0 spiro atoms. The highest BCUT2D eigenvalue weighted by atomic mass is 79.9. The van der Waals surface area contributed by atoms with Crippen molar-refractivity contribution >= 4 is 39.1 Å². The molecule has 0 aromatic heterocycles. The van der Waals surface area contributed by atoms with Crippen LogP contribution in [0, 0.1) is 13.8 Å². The number of rotatable bonds is 3. The summed E-state index contributed by atoms with van der Waals surface area (Å²) in [6.07, 6.45) is 0. The Kier molecular flexibility index (Phi) is 4.91. The van der Waals surface area contributed by atoms with Gasteiger partial charge in [-0.1, -0.05) is 27.5 Å². The fourth-order valence-electron chi connectivity index (χ4n) is 1.99. The first-order valence-corrected chi connectivity index (χ1v) is 7.50. The topological polar surface area (TPSA) is 38.3 Å². The van der Waals surface area contributed by atoms with E-state index in [0.717, 1.165) is 15.6 Å². The van der Waals surface area contributed by atoms with E-state index in [1.807, 2.05) is 26.0 Å². The maximum absolute atomic E-state index is 12.4. The molecule has 5 heteroatoms. The number of anilines is 1. The molecular formula is C16H15BrClNO2. The first-order valence-electron chi connectivity index (χ1n) is 6.33. The molecule has 3 nitrogen and oxygen atoms in total. The van der Waals surface area contributed by atoms with Crippen molar-refractivity contribution in [1.82, 2.24) is 0 Å². The molecule has 0 heterocycles. The molecule has 110 valence electrons. The summed E-state index contributed by atoms with van der Waals surface area (Å²) < 4.78 is 6.12. The Hall–Kier alpha value is -1.52. The van der Waals surface area contributed by atoms with E-state index in [9.17, 15) is 4.79 Å². The van der Waals surface area contributed by atoms with Gasteiger partial charge >= 0.3 is 0 Å². The van der Waals surface area contributed by atoms with Gasteiger partial charge in [0.15, 0.2) is 0 Å². The molecule has 0 aliphatic carbocycles. The second-order valence-electron chi connectivity index (χ2n) is 4.77. The second kappa shape index (κ2) is 6.50. The summed E-state index contributed by atoms with van der Waals surface area (Å²) in [5, 5.41) is 3.46. The number of amides is 1. The SMILES string of the molecule is COc1cc(Cl)c(C)cc1NC(=O)c1cc(C)cc(Br)c1. The van der Waals surface area contributed by atoms with Crippen molar-refractivity contribution in [3.05, 3.63) is 56.5 Å². The molecule has 21 heavy (non-hydrogen) atoms. The van der Waals surface area contributed by atoms with Gasteiger partial charge < -0.3 is 10.1 Å². The van der Waals surface area contributed by atoms with Gasteiger partial charge in [0.2, 0.25) is 0 Å². The van der Waals surface area contributed by atoms with Crippen LogP contribution in [0.4, 0.5) is 5.69 Å². The van der Waals surface area contributed by atoms with Crippen LogP contribution in [-0.4, -0.2) is 13.0 Å². The van der Waals surface area contributed by atoms with Crippen LogP contribution in [0.15, 0.2) is 34.8 Å². The molecule has 0 saturated heterocycles. The van der Waals surface area contributed by atoms with Crippen LogP contribution < -0.4 is 10.1 Å². The Morgan fingerprint density at radius 2 is 1.90 bits per heavy atom. The van der Waals surface area contributed by atoms with Gasteiger partial charge in [-0.25, -0.2) is 0 Å². The number of hydrogen-bond donors (Lipinski definition) is 1. The summed E-state index contributed by atoms with van der Waals surface area (Å²) in [5.41, 5.74) is 3.06. The lowest BCUT2D eigenvalue weighted by atomic mass is 10.1. The summed E-state index contributed by atoms with van der Waals surface area (Å²) in [7, 11) is 1.54. The van der Waals surface area contributed by atoms with Gasteiger partial charge in [0, 0.05) is 21.1 Å². The Morgan fingerprint density at radius 1 is 1.19 bits per heavy atom. The van der Waals surface area contributed by atoms with E-state index in [1.165, 1.54) is 0 Å². The van der Waals surface area contributed by atoms with Gasteiger partial charge in [-0.3, -0.25) is 4.79 Å². The van der Waals surface area contributed by atoms with Crippen LogP contribution in [-0.2, 0) is 0 Å². The molecule has 0 aliphatic rings. The maximum atomic E-state index is 12.4. The highest BCUT2D eigenvalue weighted by Crippen LogP contribution is 2.31. The molecule has 0 aliphatic heterocycles. The molecule has 0 radical (unpaired) electrons. The van der Waals surface area contributed by atoms with Crippen molar-refractivity contribution in [1.29, 1.82) is 0 Å². The maximum Gasteiger partial charge on any atom is 0.255 e. The van der Waals surface area contributed by atoms with Crippen LogP contribution in [0.1, 0.15) is 21.5 Å². The van der Waals surface area contributed by atoms with Gasteiger partial charge in [-0.05, 0) is 49.2 Å². The number of methoxy groups -OCH3 is 1. The Balaban J connectivity index is 2.33. The highest BCUT2D eigenvalue weighted by molar-refractivity contribution is 9.10. The first-order chi connectivity index (χ1) is 9.90. The molecule has 0 fully saturated rings. The Morgan fingerprint density at radius 3 is 2.52 bits per heavy atom. The lowest BCUT2D eigenvalue weighted by Gasteiger charge is -2.12. The quantitative estimate of drug-likeness (QED) is 0.829. The molecule has 0 atom stereocenters. The number of benzene rings is 2. The third-order valence-electron chi connectivity index (χ3n) is 3.03. The van der Waals surface area contributed by atoms with Gasteiger partial charge in [0.05, 0.1) is 12.8 Å². The summed E-state index contributed by atoms with van der Waals surface area (Å²) in [4.78, 5) is 12.4. The zero-order valence-corrected chi connectivity index (χ0v) is 14.3. The van der Waals surface area contributed by atoms with E-state index < -0.39 is 0 Å². The number of carbonyl (C=O) groups excluding carboxylic acids is 1. The molecule has 2 aromatic rings. The van der Waals surface area contributed by atoms with E-state index in [4.69, 9.17) is 16.3 Å². The molecule has 2 rings (SSSR count). The molecule has 0 unspecified atom stereocenters. The average molecular weight is 369 g/mol. The number of ether oxygens (including phenoxy) is 1. The zero-order chi connectivity index (χ0) is 15.6. The smallest absolute Gasteiger partial charge is 0.255 e. The van der Waals surface area contributed by atoms with Crippen molar-refractivity contribution in [2.75, 3.05) is 12.4 Å². The number of carbonyl (C=O) groups is 1. The predicted molar refractivity (Wildman–Crippen MR) is 89.6 cm³/mol. The summed E-state index contributed by atoms with van der Waals surface area (Å²) in [5.74, 6) is 0.338. The lowest BCUT2D eigenvalue weighted by Crippen LogP contribution is -2.13. The molecule has 1 N–H and O–H groups in total. The Bertz CT molecular complexity index is 681. The third kappa shape index (κ3) is 3.77. The van der Waals surface area contributed by atoms with Gasteiger partial charge in [0.25, 0.3) is 5.91 Å². The average Bonchev–Trinajstić information content (AvgIpc) is 2.41. The van der Waals surface area contributed by atoms with Gasteiger partial charge in [-0.2, -0.15) is 0 Å². The van der Waals surface area contributed by atoms with Crippen molar-refractivity contribution < 1.29 is 9.53 Å². The van der Waals surface area contributed by atoms with E-state index in [-0.39, 0.29) is 5.91 Å². The van der Waals surface area contributed by atoms with E-state index in [2.05, 4.69) is 21.2 Å². The minimum Gasteiger partial charge on any atom is -0.495 e. The monoisotopic (exact) mass is 367 g/mol. The van der Waals surface area contributed by atoms with Crippen LogP contribution in [0.25, 0.3) is 0 Å². The lowest BCUT2D eigenvalue weighted by molar-refractivity contribution is 0.102. The van der Waals surface area contributed by atoms with E-state index in [1.54, 1.807) is 25.3 Å². The minimum absolute atomic E-state index is 0.195. The predicted octanol–water partition coefficient (Wildman–Crippen LogP) is 4.98. The summed E-state index contributed by atoms with van der Waals surface area (Å²) >= 11 is 9.45. The molecule has 0 bridgehead atoms. The van der Waals surface area contributed by atoms with Crippen LogP contribution in [0.5, 0.6) is 5.75 Å². The van der Waals surface area contributed by atoms with Crippen molar-refractivity contribution in [3.63, 3.8) is 0 Å². The molecule has 0 saturated carbocycles. The van der Waals surface area contributed by atoms with E-state index in [0.29, 0.717) is 22.0 Å². The Labute approximate surface area is 137 Å². The van der Waals surface area contributed by atoms with Crippen molar-refractivity contribution in [2.24, 2.45) is 0 Å². The van der Waals surface area contributed by atoms with Crippen LogP contribution in [0.3, 0.4) is 0 Å². The summed E-state index contributed by atoms with van der Waals surface area (Å²) in [6.45, 7) is 3.81. The largest absolute Gasteiger partial charge is 0.495 e. The number of nitrogens with one attached hydrogen (secondary N) is 1. The van der Waals surface area contributed by atoms with Crippen LogP contribution >= 0.6 is 27.5 Å². The third-order valence-corrected chi connectivity index (χ3v) is 3.90. The highest BCUT2D eigenvalue weighted by Gasteiger charge is 2.12. The normalized spacial score (nSPS) is 10.3. The minimum atomic E-state index is -0.195. The van der Waals surface area contributed by atoms with Crippen LogP contribution in [0.2, 0.25) is 5.02 Å². The molecule has 2 aromatic carbocycles. The zero-order valence-electron chi connectivity index (χ0n) is 12.0. The van der Waals surface area contributed by atoms with Crippen molar-refractivity contribution in [3.8, 4) is 5.75 Å². The molecular weight excluding hydrogens is 354 g/mol. The fourth-order valence-corrected chi connectivity index (χ4v) is 2.75. The van der Waals surface area contributed by atoms with Gasteiger partial charge in [-0.15, -0.1) is 0 Å². The standard InChI is InChI=1S/C16H15BrClNO2/c1-9-4-11(7-12(17)5-9)16(20)19-14-6-10(2)13(18)8-15(14)21-3/h4-8H,1-3H3,(H,19,20). The number of hydrogen-bond acceptors (Lipinski definition) is 2. The molecule has 1 amide bonds. The van der Waals surface area contributed by atoms with Crippen molar-refractivity contribution in [2.45, 2.75) is 13.8 Å². The summed E-state index contributed by atoms with van der Waals surface area (Å²) in [6, 6.07) is 9.04. The number of halogens is 2. The number of aryl methyl sites for hydroxylation is 2. The first kappa shape index (κ1) is 15.9. The second-order valence-corrected chi connectivity index (χ2v) is 6.10. The fraction of sp³-hybridized carbons (Fsp3) is 0.188.